The van der Waals surface area contributed by atoms with Crippen LogP contribution in [0.1, 0.15) is 23.2 Å². The zero-order valence-electron chi connectivity index (χ0n) is 19.7. The summed E-state index contributed by atoms with van der Waals surface area (Å²) in [7, 11) is 1.79. The summed E-state index contributed by atoms with van der Waals surface area (Å²) in [5.74, 6) is 0.343. The fraction of sp³-hybridized carbons (Fsp3) is 0.360. The highest BCUT2D eigenvalue weighted by Gasteiger charge is 2.23. The number of carbonyl (C=O) groups is 1. The fourth-order valence-electron chi connectivity index (χ4n) is 4.23. The van der Waals surface area contributed by atoms with Crippen LogP contribution in [0.4, 0.5) is 0 Å². The van der Waals surface area contributed by atoms with Crippen LogP contribution >= 0.6 is 35.1 Å². The van der Waals surface area contributed by atoms with Crippen molar-refractivity contribution in [2.45, 2.75) is 29.9 Å². The Hall–Kier alpha value is -2.27. The quantitative estimate of drug-likeness (QED) is 0.301. The van der Waals surface area contributed by atoms with Crippen molar-refractivity contribution in [2.75, 3.05) is 33.2 Å². The largest absolute Gasteiger partial charge is 0.490 e. The van der Waals surface area contributed by atoms with E-state index in [0.717, 1.165) is 30.8 Å². The number of aromatic amines is 1. The first-order chi connectivity index (χ1) is 17.3. The Morgan fingerprint density at radius 1 is 1.19 bits per heavy atom. The van der Waals surface area contributed by atoms with Crippen LogP contribution in [0.25, 0.3) is 10.8 Å². The molecule has 2 aromatic carbocycles. The molecule has 1 aromatic heterocycles. The molecule has 1 saturated heterocycles. The number of likely N-dealkylation sites (tertiary alicyclic amines) is 1. The van der Waals surface area contributed by atoms with E-state index in [1.807, 2.05) is 6.07 Å². The Labute approximate surface area is 223 Å². The molecular weight excluding hydrogens is 523 g/mol. The highest BCUT2D eigenvalue weighted by Crippen LogP contribution is 2.28. The average Bonchev–Trinajstić information content (AvgIpc) is 2.87. The molecule has 8 nitrogen and oxygen atoms in total. The number of aliphatic hydroxyl groups is 1. The number of aliphatic hydroxyl groups excluding tert-OH is 1. The summed E-state index contributed by atoms with van der Waals surface area (Å²) in [5.41, 5.74) is 0.102. The van der Waals surface area contributed by atoms with E-state index in [1.54, 1.807) is 37.4 Å². The molecule has 36 heavy (non-hydrogen) atoms. The number of nitrogens with one attached hydrogen (secondary N) is 3. The van der Waals surface area contributed by atoms with Crippen LogP contribution in [-0.2, 0) is 0 Å². The van der Waals surface area contributed by atoms with Crippen molar-refractivity contribution in [3.8, 4) is 5.75 Å². The zero-order chi connectivity index (χ0) is 25.7. The maximum absolute atomic E-state index is 12.8. The fourth-order valence-corrected chi connectivity index (χ4v) is 5.07. The third-order valence-electron chi connectivity index (χ3n) is 6.03. The van der Waals surface area contributed by atoms with Crippen LogP contribution in [-0.4, -0.2) is 66.3 Å². The SMILES string of the molecule is CNSc1ccc2c(C(=O)NC[C@@H](O)CN3CCC(Oc4ccc(Cl)c(Cl)c4)CC3)c[nH]c(=O)c2c1. The van der Waals surface area contributed by atoms with Gasteiger partial charge in [0.2, 0.25) is 0 Å². The summed E-state index contributed by atoms with van der Waals surface area (Å²) in [6.45, 7) is 2.09. The van der Waals surface area contributed by atoms with Crippen molar-refractivity contribution in [3.63, 3.8) is 0 Å². The number of rotatable bonds is 9. The molecule has 4 N–H and O–H groups in total. The van der Waals surface area contributed by atoms with E-state index in [2.05, 4.69) is 19.9 Å². The lowest BCUT2D eigenvalue weighted by Crippen LogP contribution is -2.45. The summed E-state index contributed by atoms with van der Waals surface area (Å²) < 4.78 is 8.98. The van der Waals surface area contributed by atoms with Gasteiger partial charge in [0.05, 0.1) is 21.7 Å². The van der Waals surface area contributed by atoms with Gasteiger partial charge < -0.3 is 25.0 Å². The van der Waals surface area contributed by atoms with E-state index in [4.69, 9.17) is 27.9 Å². The lowest BCUT2D eigenvalue weighted by Gasteiger charge is -2.33. The maximum atomic E-state index is 12.8. The van der Waals surface area contributed by atoms with Crippen molar-refractivity contribution < 1.29 is 14.6 Å². The maximum Gasteiger partial charge on any atom is 0.255 e. The lowest BCUT2D eigenvalue weighted by molar-refractivity contribution is 0.0594. The Morgan fingerprint density at radius 2 is 1.97 bits per heavy atom. The van der Waals surface area contributed by atoms with Gasteiger partial charge in [-0.15, -0.1) is 0 Å². The minimum atomic E-state index is -0.728. The monoisotopic (exact) mass is 550 g/mol. The van der Waals surface area contributed by atoms with E-state index in [9.17, 15) is 14.7 Å². The molecule has 2 heterocycles. The number of nitrogens with zero attached hydrogens (tertiary/aromatic N) is 1. The normalized spacial score (nSPS) is 15.7. The summed E-state index contributed by atoms with van der Waals surface area (Å²) in [5, 5.41) is 15.3. The van der Waals surface area contributed by atoms with Gasteiger partial charge in [0, 0.05) is 54.1 Å². The Kier molecular flexibility index (Phi) is 9.16. The third kappa shape index (κ3) is 6.73. The second-order valence-electron chi connectivity index (χ2n) is 8.60. The highest BCUT2D eigenvalue weighted by molar-refractivity contribution is 7.97. The van der Waals surface area contributed by atoms with E-state index in [1.165, 1.54) is 18.1 Å². The number of aromatic nitrogens is 1. The minimum Gasteiger partial charge on any atom is -0.490 e. The first kappa shape index (κ1) is 26.8. The molecule has 3 aromatic rings. The number of halogens is 2. The van der Waals surface area contributed by atoms with Gasteiger partial charge in [-0.05, 0) is 56.1 Å². The minimum absolute atomic E-state index is 0.0656. The number of H-pyrrole nitrogens is 1. The van der Waals surface area contributed by atoms with E-state index >= 15 is 0 Å². The van der Waals surface area contributed by atoms with Crippen LogP contribution in [0.2, 0.25) is 10.0 Å². The number of piperidine rings is 1. The van der Waals surface area contributed by atoms with Gasteiger partial charge in [0.25, 0.3) is 11.5 Å². The van der Waals surface area contributed by atoms with Crippen LogP contribution in [0.15, 0.2) is 52.3 Å². The van der Waals surface area contributed by atoms with E-state index in [-0.39, 0.29) is 24.1 Å². The second-order valence-corrected chi connectivity index (χ2v) is 10.5. The zero-order valence-corrected chi connectivity index (χ0v) is 22.1. The number of hydrogen-bond acceptors (Lipinski definition) is 7. The molecule has 1 aliphatic heterocycles. The molecule has 0 unspecified atom stereocenters. The number of β-amino-alcohol motifs (C(OH)–C–C–N with tert-alkyl or cyclic N) is 1. The van der Waals surface area contributed by atoms with Crippen molar-refractivity contribution in [2.24, 2.45) is 0 Å². The molecule has 192 valence electrons. The smallest absolute Gasteiger partial charge is 0.255 e. The molecule has 0 spiro atoms. The molecule has 4 rings (SSSR count). The molecule has 1 amide bonds. The molecule has 0 aliphatic carbocycles. The molecule has 11 heteroatoms. The average molecular weight is 551 g/mol. The molecule has 0 saturated carbocycles. The van der Waals surface area contributed by atoms with E-state index in [0.29, 0.717) is 38.7 Å². The van der Waals surface area contributed by atoms with Gasteiger partial charge in [-0.2, -0.15) is 0 Å². The van der Waals surface area contributed by atoms with Gasteiger partial charge in [-0.1, -0.05) is 29.3 Å². The van der Waals surface area contributed by atoms with Gasteiger partial charge in [-0.25, -0.2) is 0 Å². The van der Waals surface area contributed by atoms with Crippen molar-refractivity contribution in [1.82, 2.24) is 19.9 Å². The predicted molar refractivity (Wildman–Crippen MR) is 144 cm³/mol. The lowest BCUT2D eigenvalue weighted by atomic mass is 10.1. The van der Waals surface area contributed by atoms with Crippen molar-refractivity contribution >= 4 is 51.8 Å². The van der Waals surface area contributed by atoms with Gasteiger partial charge in [-0.3, -0.25) is 14.3 Å². The molecule has 1 fully saturated rings. The van der Waals surface area contributed by atoms with E-state index < -0.39 is 6.10 Å². The standard InChI is InChI=1S/C25H28Cl2N4O4S/c1-28-36-18-3-4-19-20(11-18)24(33)30-13-21(19)25(34)29-12-15(32)14-31-8-6-16(7-9-31)35-17-2-5-22(26)23(27)10-17/h2-5,10-11,13,15-16,28,32H,6-9,12,14H2,1H3,(H,29,34)(H,30,33)/t15-/m1/s1. The van der Waals surface area contributed by atoms with Gasteiger partial charge >= 0.3 is 0 Å². The first-order valence-electron chi connectivity index (χ1n) is 11.6. The van der Waals surface area contributed by atoms with Crippen LogP contribution < -0.4 is 20.3 Å². The third-order valence-corrected chi connectivity index (χ3v) is 7.47. The number of ether oxygens (including phenoxy) is 1. The number of carbonyl (C=O) groups excluding carboxylic acids is 1. The van der Waals surface area contributed by atoms with Gasteiger partial charge in [0.15, 0.2) is 0 Å². The Balaban J connectivity index is 1.27. The summed E-state index contributed by atoms with van der Waals surface area (Å²) in [6.07, 6.45) is 2.38. The van der Waals surface area contributed by atoms with Crippen molar-refractivity contribution in [1.29, 1.82) is 0 Å². The Morgan fingerprint density at radius 3 is 2.69 bits per heavy atom. The van der Waals surface area contributed by atoms with Crippen LogP contribution in [0.3, 0.4) is 0 Å². The molecule has 1 atom stereocenters. The molecular formula is C25H28Cl2N4O4S. The Bertz CT molecular complexity index is 1280. The number of hydrogen-bond donors (Lipinski definition) is 4. The summed E-state index contributed by atoms with van der Waals surface area (Å²) in [4.78, 5) is 30.8. The van der Waals surface area contributed by atoms with Crippen LogP contribution in [0.5, 0.6) is 5.75 Å². The first-order valence-corrected chi connectivity index (χ1v) is 13.2. The van der Waals surface area contributed by atoms with Gasteiger partial charge in [0.1, 0.15) is 11.9 Å². The molecule has 0 bridgehead atoms. The number of amides is 1. The summed E-state index contributed by atoms with van der Waals surface area (Å²) in [6, 6.07) is 10.6. The summed E-state index contributed by atoms with van der Waals surface area (Å²) >= 11 is 13.4. The van der Waals surface area contributed by atoms with Crippen molar-refractivity contribution in [3.05, 3.63) is 68.6 Å². The predicted octanol–water partition coefficient (Wildman–Crippen LogP) is 3.70. The second kappa shape index (κ2) is 12.3. The number of pyridine rings is 1. The number of benzene rings is 2. The number of fused-ring (bicyclic) bond motifs is 1. The highest BCUT2D eigenvalue weighted by atomic mass is 35.5. The molecule has 0 radical (unpaired) electrons. The molecule has 1 aliphatic rings. The van der Waals surface area contributed by atoms with Crippen LogP contribution in [0, 0.1) is 0 Å². The topological polar surface area (TPSA) is 107 Å².